The summed E-state index contributed by atoms with van der Waals surface area (Å²) in [6, 6.07) is 0. The second-order valence-electron chi connectivity index (χ2n) is 1.88. The Hall–Kier alpha value is 0.700. The van der Waals surface area contributed by atoms with E-state index in [-0.39, 0.29) is 0 Å². The SMILES string of the molecule is SCC1(S)CC1. The van der Waals surface area contributed by atoms with Crippen molar-refractivity contribution in [1.82, 2.24) is 0 Å². The Balaban J connectivity index is 2.28. The first kappa shape index (κ1) is 4.85. The normalized spacial score (nSPS) is 27.0. The Kier molecular flexibility index (Phi) is 1.08. The predicted octanol–water partition coefficient (Wildman–Crippen LogP) is 1.38. The van der Waals surface area contributed by atoms with Gasteiger partial charge in [-0.05, 0) is 12.8 Å². The lowest BCUT2D eigenvalue weighted by atomic mass is 10.5. The maximum Gasteiger partial charge on any atom is 0.0218 e. The average Bonchev–Trinajstić information content (AvgIpc) is 2.22. The molecule has 0 aromatic heterocycles. The Labute approximate surface area is 49.1 Å². The zero-order chi connectivity index (χ0) is 4.62. The second-order valence-corrected chi connectivity index (χ2v) is 3.15. The van der Waals surface area contributed by atoms with Gasteiger partial charge in [0.1, 0.15) is 0 Å². The van der Waals surface area contributed by atoms with Gasteiger partial charge in [0.15, 0.2) is 0 Å². The molecular formula is C4H8S2. The van der Waals surface area contributed by atoms with Crippen LogP contribution in [-0.4, -0.2) is 10.5 Å². The van der Waals surface area contributed by atoms with Crippen LogP contribution in [0.4, 0.5) is 0 Å². The number of thiol groups is 2. The minimum absolute atomic E-state index is 0.350. The number of hydrogen-bond donors (Lipinski definition) is 2. The van der Waals surface area contributed by atoms with E-state index in [4.69, 9.17) is 0 Å². The predicted molar refractivity (Wildman–Crippen MR) is 34.8 cm³/mol. The van der Waals surface area contributed by atoms with E-state index in [1.807, 2.05) is 0 Å². The van der Waals surface area contributed by atoms with Crippen molar-refractivity contribution in [3.05, 3.63) is 0 Å². The summed E-state index contributed by atoms with van der Waals surface area (Å²) in [6.07, 6.45) is 2.53. The highest BCUT2D eigenvalue weighted by atomic mass is 32.1. The van der Waals surface area contributed by atoms with E-state index >= 15 is 0 Å². The third-order valence-corrected chi connectivity index (χ3v) is 2.58. The molecule has 1 fully saturated rings. The van der Waals surface area contributed by atoms with E-state index in [0.717, 1.165) is 5.75 Å². The summed E-state index contributed by atoms with van der Waals surface area (Å²) in [6.45, 7) is 0. The van der Waals surface area contributed by atoms with Crippen molar-refractivity contribution < 1.29 is 0 Å². The summed E-state index contributed by atoms with van der Waals surface area (Å²) >= 11 is 8.38. The van der Waals surface area contributed by atoms with E-state index in [2.05, 4.69) is 25.3 Å². The van der Waals surface area contributed by atoms with Crippen molar-refractivity contribution in [2.24, 2.45) is 0 Å². The van der Waals surface area contributed by atoms with Gasteiger partial charge >= 0.3 is 0 Å². The zero-order valence-electron chi connectivity index (χ0n) is 3.52. The quantitative estimate of drug-likeness (QED) is 0.480. The summed E-state index contributed by atoms with van der Waals surface area (Å²) in [5.41, 5.74) is 0. The molecule has 6 heavy (non-hydrogen) atoms. The fourth-order valence-electron chi connectivity index (χ4n) is 0.302. The molecule has 0 spiro atoms. The van der Waals surface area contributed by atoms with Gasteiger partial charge in [0.25, 0.3) is 0 Å². The van der Waals surface area contributed by atoms with Crippen LogP contribution in [0, 0.1) is 0 Å². The van der Waals surface area contributed by atoms with Gasteiger partial charge in [-0.3, -0.25) is 0 Å². The Morgan fingerprint density at radius 1 is 1.50 bits per heavy atom. The zero-order valence-corrected chi connectivity index (χ0v) is 5.30. The lowest BCUT2D eigenvalue weighted by Crippen LogP contribution is -1.96. The smallest absolute Gasteiger partial charge is 0.0218 e. The molecule has 0 heterocycles. The van der Waals surface area contributed by atoms with Crippen LogP contribution in [0.3, 0.4) is 0 Å². The maximum atomic E-state index is 4.29. The molecule has 0 aromatic carbocycles. The second kappa shape index (κ2) is 1.34. The molecule has 0 bridgehead atoms. The van der Waals surface area contributed by atoms with Crippen LogP contribution >= 0.6 is 25.3 Å². The van der Waals surface area contributed by atoms with E-state index in [0.29, 0.717) is 4.75 Å². The van der Waals surface area contributed by atoms with Gasteiger partial charge in [0.05, 0.1) is 0 Å². The number of rotatable bonds is 1. The van der Waals surface area contributed by atoms with Crippen molar-refractivity contribution >= 4 is 25.3 Å². The van der Waals surface area contributed by atoms with Gasteiger partial charge < -0.3 is 0 Å². The molecule has 1 rings (SSSR count). The molecule has 2 heteroatoms. The van der Waals surface area contributed by atoms with Crippen molar-refractivity contribution in [3.8, 4) is 0 Å². The van der Waals surface area contributed by atoms with Crippen LogP contribution < -0.4 is 0 Å². The lowest BCUT2D eigenvalue weighted by molar-refractivity contribution is 1.09. The largest absolute Gasteiger partial charge is 0.178 e. The van der Waals surface area contributed by atoms with Crippen molar-refractivity contribution in [2.75, 3.05) is 5.75 Å². The summed E-state index contributed by atoms with van der Waals surface area (Å²) in [5, 5.41) is 0. The van der Waals surface area contributed by atoms with Gasteiger partial charge in [-0.2, -0.15) is 25.3 Å². The fraction of sp³-hybridized carbons (Fsp3) is 1.00. The van der Waals surface area contributed by atoms with Crippen molar-refractivity contribution in [1.29, 1.82) is 0 Å². The van der Waals surface area contributed by atoms with Crippen LogP contribution in [0.1, 0.15) is 12.8 Å². The molecule has 0 radical (unpaired) electrons. The molecule has 1 aliphatic carbocycles. The molecular weight excluding hydrogens is 112 g/mol. The molecule has 0 nitrogen and oxygen atoms in total. The first-order valence-corrected chi connectivity index (χ1v) is 3.18. The van der Waals surface area contributed by atoms with Crippen LogP contribution in [0.5, 0.6) is 0 Å². The summed E-state index contributed by atoms with van der Waals surface area (Å²) in [5.74, 6) is 0.941. The summed E-state index contributed by atoms with van der Waals surface area (Å²) in [4.78, 5) is 0. The molecule has 0 saturated heterocycles. The van der Waals surface area contributed by atoms with Crippen LogP contribution in [0.15, 0.2) is 0 Å². The molecule has 0 N–H and O–H groups in total. The highest BCUT2D eigenvalue weighted by Crippen LogP contribution is 2.42. The van der Waals surface area contributed by atoms with Gasteiger partial charge in [-0.15, -0.1) is 0 Å². The molecule has 0 aromatic rings. The summed E-state index contributed by atoms with van der Waals surface area (Å²) in [7, 11) is 0. The Morgan fingerprint density at radius 2 is 2.00 bits per heavy atom. The maximum absolute atomic E-state index is 4.29. The van der Waals surface area contributed by atoms with Gasteiger partial charge in [-0.1, -0.05) is 0 Å². The Morgan fingerprint density at radius 3 is 2.00 bits per heavy atom. The monoisotopic (exact) mass is 120 g/mol. The van der Waals surface area contributed by atoms with E-state index < -0.39 is 0 Å². The minimum Gasteiger partial charge on any atom is -0.178 e. The summed E-state index contributed by atoms with van der Waals surface area (Å²) < 4.78 is 0.350. The van der Waals surface area contributed by atoms with E-state index in [1.54, 1.807) is 0 Å². The van der Waals surface area contributed by atoms with Crippen LogP contribution in [0.2, 0.25) is 0 Å². The molecule has 0 unspecified atom stereocenters. The van der Waals surface area contributed by atoms with Gasteiger partial charge in [0, 0.05) is 10.5 Å². The van der Waals surface area contributed by atoms with E-state index in [9.17, 15) is 0 Å². The Bertz CT molecular complexity index is 56.6. The molecule has 1 aliphatic rings. The van der Waals surface area contributed by atoms with Crippen molar-refractivity contribution in [2.45, 2.75) is 17.6 Å². The first-order chi connectivity index (χ1) is 2.77. The third-order valence-electron chi connectivity index (χ3n) is 1.12. The highest BCUT2D eigenvalue weighted by molar-refractivity contribution is 7.85. The fourth-order valence-corrected chi connectivity index (χ4v) is 0.730. The minimum atomic E-state index is 0.350. The highest BCUT2D eigenvalue weighted by Gasteiger charge is 2.36. The standard InChI is InChI=1S/C4H8S2/c5-3-4(6)1-2-4/h5-6H,1-3H2. The molecule has 36 valence electrons. The number of hydrogen-bond acceptors (Lipinski definition) is 2. The van der Waals surface area contributed by atoms with Crippen molar-refractivity contribution in [3.63, 3.8) is 0 Å². The lowest BCUT2D eigenvalue weighted by Gasteiger charge is -1.95. The molecule has 0 aliphatic heterocycles. The molecule has 1 saturated carbocycles. The molecule has 0 atom stereocenters. The van der Waals surface area contributed by atoms with Crippen LogP contribution in [-0.2, 0) is 0 Å². The third kappa shape index (κ3) is 0.850. The average molecular weight is 120 g/mol. The first-order valence-electron chi connectivity index (χ1n) is 2.10. The van der Waals surface area contributed by atoms with Gasteiger partial charge in [0.2, 0.25) is 0 Å². The topological polar surface area (TPSA) is 0 Å². The van der Waals surface area contributed by atoms with Crippen LogP contribution in [0.25, 0.3) is 0 Å². The van der Waals surface area contributed by atoms with Gasteiger partial charge in [-0.25, -0.2) is 0 Å². The molecule has 0 amide bonds. The van der Waals surface area contributed by atoms with E-state index in [1.165, 1.54) is 12.8 Å².